The van der Waals surface area contributed by atoms with Crippen molar-refractivity contribution in [1.29, 1.82) is 0 Å². The standard InChI is InChI=1S/C36H50FN5O9S/c1-34(2,3)51-32(46)38-27-14-9-7-5-6-8-12-23-18-36(23,31(45)40-52(48,49)35(4)15-16-35)39-29(43)28-17-24(20-42(28)30(27)44)50-33(47)41-19-22-11-10-13-26(37)25(22)21-41/h10-11,13,23-24,27-28H,5-9,12,14-21H2,1-4H3,(H,38,46)(H,39,43)(H,40,45)/t23?,24-,27+,28+,36-/m1/s1. The van der Waals surface area contributed by atoms with Gasteiger partial charge in [0.25, 0.3) is 5.91 Å². The van der Waals surface area contributed by atoms with Gasteiger partial charge in [0, 0.05) is 18.5 Å². The first kappa shape index (κ1) is 37.8. The fraction of sp³-hybridized carbons (Fsp3) is 0.694. The number of hydrogen-bond acceptors (Lipinski definition) is 9. The molecule has 2 aliphatic carbocycles. The molecule has 5 amide bonds. The second-order valence-corrected chi connectivity index (χ2v) is 18.5. The van der Waals surface area contributed by atoms with E-state index in [4.69, 9.17) is 9.47 Å². The molecule has 16 heteroatoms. The van der Waals surface area contributed by atoms with Crippen molar-refractivity contribution in [3.63, 3.8) is 0 Å². The van der Waals surface area contributed by atoms with Gasteiger partial charge in [0.05, 0.1) is 17.8 Å². The van der Waals surface area contributed by atoms with Gasteiger partial charge in [0.15, 0.2) is 0 Å². The molecule has 0 spiro atoms. The molecule has 1 aromatic carbocycles. The number of sulfonamides is 1. The largest absolute Gasteiger partial charge is 0.444 e. The topological polar surface area (TPSA) is 181 Å². The van der Waals surface area contributed by atoms with E-state index in [1.165, 1.54) is 15.9 Å². The first-order valence-corrected chi connectivity index (χ1v) is 19.8. The zero-order valence-corrected chi connectivity index (χ0v) is 31.1. The van der Waals surface area contributed by atoms with Crippen molar-refractivity contribution in [2.75, 3.05) is 6.54 Å². The van der Waals surface area contributed by atoms with Gasteiger partial charge in [-0.25, -0.2) is 22.4 Å². The Morgan fingerprint density at radius 3 is 2.38 bits per heavy atom. The van der Waals surface area contributed by atoms with E-state index in [1.54, 1.807) is 39.8 Å². The Bertz CT molecular complexity index is 1730. The molecule has 0 aromatic heterocycles. The van der Waals surface area contributed by atoms with Crippen LogP contribution < -0.4 is 15.4 Å². The minimum atomic E-state index is -3.99. The van der Waals surface area contributed by atoms with Crippen LogP contribution in [-0.2, 0) is 47.0 Å². The molecule has 286 valence electrons. The normalized spacial score (nSPS) is 28.9. The number of ether oxygens (including phenoxy) is 2. The molecule has 2 saturated carbocycles. The van der Waals surface area contributed by atoms with E-state index in [0.29, 0.717) is 36.8 Å². The van der Waals surface area contributed by atoms with Crippen molar-refractivity contribution in [3.05, 3.63) is 35.1 Å². The van der Waals surface area contributed by atoms with Crippen LogP contribution in [0.5, 0.6) is 0 Å². The second-order valence-electron chi connectivity index (χ2n) is 16.3. The predicted molar refractivity (Wildman–Crippen MR) is 185 cm³/mol. The van der Waals surface area contributed by atoms with E-state index >= 15 is 0 Å². The van der Waals surface area contributed by atoms with Crippen molar-refractivity contribution in [2.24, 2.45) is 5.92 Å². The van der Waals surface area contributed by atoms with Crippen molar-refractivity contribution in [2.45, 2.75) is 145 Å². The molecular formula is C36H50FN5O9S. The van der Waals surface area contributed by atoms with Crippen LogP contribution in [0, 0.1) is 11.7 Å². The summed E-state index contributed by atoms with van der Waals surface area (Å²) in [5.74, 6) is -2.80. The average Bonchev–Trinajstić information content (AvgIpc) is 3.84. The number of nitrogens with one attached hydrogen (secondary N) is 3. The molecule has 52 heavy (non-hydrogen) atoms. The summed E-state index contributed by atoms with van der Waals surface area (Å²) in [5, 5.41) is 5.53. The van der Waals surface area contributed by atoms with E-state index in [-0.39, 0.29) is 44.8 Å². The minimum absolute atomic E-state index is 0.00295. The van der Waals surface area contributed by atoms with Gasteiger partial charge in [-0.2, -0.15) is 0 Å². The molecule has 3 aliphatic heterocycles. The molecule has 1 unspecified atom stereocenters. The Morgan fingerprint density at radius 2 is 1.71 bits per heavy atom. The summed E-state index contributed by atoms with van der Waals surface area (Å²) in [7, 11) is -3.99. The first-order valence-electron chi connectivity index (χ1n) is 18.3. The van der Waals surface area contributed by atoms with E-state index in [2.05, 4.69) is 15.4 Å². The number of benzene rings is 1. The molecule has 5 aliphatic rings. The molecule has 3 N–H and O–H groups in total. The fourth-order valence-corrected chi connectivity index (χ4v) is 8.84. The van der Waals surface area contributed by atoms with Crippen molar-refractivity contribution < 1.29 is 46.3 Å². The SMILES string of the molecule is CC(C)(C)OC(=O)N[C@H]1CCCCCCCC2C[C@@]2(C(=O)NS(=O)(=O)C2(C)CC2)NC(=O)[C@@H]2C[C@@H](OC(=O)N3Cc4cccc(F)c4C3)CN2C1=O. The highest BCUT2D eigenvalue weighted by molar-refractivity contribution is 7.91. The van der Waals surface area contributed by atoms with Crippen LogP contribution in [-0.4, -0.2) is 88.7 Å². The lowest BCUT2D eigenvalue weighted by molar-refractivity contribution is -0.141. The van der Waals surface area contributed by atoms with Crippen LogP contribution in [0.2, 0.25) is 0 Å². The van der Waals surface area contributed by atoms with Gasteiger partial charge in [-0.05, 0) is 77.3 Å². The quantitative estimate of drug-likeness (QED) is 0.404. The van der Waals surface area contributed by atoms with Crippen LogP contribution in [0.3, 0.4) is 0 Å². The number of rotatable bonds is 5. The van der Waals surface area contributed by atoms with Gasteiger partial charge < -0.3 is 25.0 Å². The van der Waals surface area contributed by atoms with E-state index in [0.717, 1.165) is 25.7 Å². The van der Waals surface area contributed by atoms with Gasteiger partial charge in [0.2, 0.25) is 21.8 Å². The third-order valence-electron chi connectivity index (χ3n) is 11.0. The Balaban J connectivity index is 1.25. The summed E-state index contributed by atoms with van der Waals surface area (Å²) in [4.78, 5) is 71.2. The molecule has 5 atom stereocenters. The van der Waals surface area contributed by atoms with E-state index in [1.807, 2.05) is 0 Å². The number of halogens is 1. The Labute approximate surface area is 303 Å². The first-order chi connectivity index (χ1) is 24.4. The maximum absolute atomic E-state index is 14.4. The molecule has 0 bridgehead atoms. The smallest absolute Gasteiger partial charge is 0.410 e. The summed E-state index contributed by atoms with van der Waals surface area (Å²) in [5.41, 5.74) is -1.27. The number of nitrogens with zero attached hydrogens (tertiary/aromatic N) is 2. The summed E-state index contributed by atoms with van der Waals surface area (Å²) >= 11 is 0. The fourth-order valence-electron chi connectivity index (χ4n) is 7.53. The minimum Gasteiger partial charge on any atom is -0.444 e. The van der Waals surface area contributed by atoms with Crippen molar-refractivity contribution >= 4 is 39.9 Å². The predicted octanol–water partition coefficient (Wildman–Crippen LogP) is 3.76. The third kappa shape index (κ3) is 8.01. The molecule has 0 radical (unpaired) electrons. The molecular weight excluding hydrogens is 697 g/mol. The molecule has 2 saturated heterocycles. The Morgan fingerprint density at radius 1 is 1.02 bits per heavy atom. The zero-order chi connectivity index (χ0) is 37.6. The number of hydrogen-bond donors (Lipinski definition) is 3. The summed E-state index contributed by atoms with van der Waals surface area (Å²) in [6, 6.07) is 2.34. The maximum Gasteiger partial charge on any atom is 0.410 e. The maximum atomic E-state index is 14.4. The average molecular weight is 748 g/mol. The second kappa shape index (κ2) is 14.1. The number of carbonyl (C=O) groups excluding carboxylic acids is 5. The van der Waals surface area contributed by atoms with Crippen LogP contribution >= 0.6 is 0 Å². The van der Waals surface area contributed by atoms with Crippen LogP contribution in [0.25, 0.3) is 0 Å². The molecule has 4 fully saturated rings. The molecule has 14 nitrogen and oxygen atoms in total. The summed E-state index contributed by atoms with van der Waals surface area (Å²) in [6.07, 6.45) is 3.18. The zero-order valence-electron chi connectivity index (χ0n) is 30.3. The highest BCUT2D eigenvalue weighted by atomic mass is 32.2. The van der Waals surface area contributed by atoms with Crippen LogP contribution in [0.1, 0.15) is 109 Å². The molecule has 3 heterocycles. The third-order valence-corrected chi connectivity index (χ3v) is 13.2. The van der Waals surface area contributed by atoms with Gasteiger partial charge in [0.1, 0.15) is 35.1 Å². The summed E-state index contributed by atoms with van der Waals surface area (Å²) < 4.78 is 53.0. The summed E-state index contributed by atoms with van der Waals surface area (Å²) in [6.45, 7) is 6.63. The number of alkyl carbamates (subject to hydrolysis) is 1. The number of fused-ring (bicyclic) bond motifs is 3. The number of carbonyl (C=O) groups is 5. The van der Waals surface area contributed by atoms with Gasteiger partial charge >= 0.3 is 12.2 Å². The van der Waals surface area contributed by atoms with Gasteiger partial charge in [-0.15, -0.1) is 0 Å². The highest BCUT2D eigenvalue weighted by Crippen LogP contribution is 2.49. The van der Waals surface area contributed by atoms with Crippen molar-refractivity contribution in [3.8, 4) is 0 Å². The van der Waals surface area contributed by atoms with E-state index in [9.17, 15) is 36.8 Å². The molecule has 6 rings (SSSR count). The van der Waals surface area contributed by atoms with Crippen LogP contribution in [0.15, 0.2) is 18.2 Å². The van der Waals surface area contributed by atoms with Crippen LogP contribution in [0.4, 0.5) is 14.0 Å². The lowest BCUT2D eigenvalue weighted by Crippen LogP contribution is -2.58. The lowest BCUT2D eigenvalue weighted by Gasteiger charge is -2.30. The number of amides is 5. The molecule has 1 aromatic rings. The van der Waals surface area contributed by atoms with Gasteiger partial charge in [-0.1, -0.05) is 44.2 Å². The lowest BCUT2D eigenvalue weighted by atomic mass is 10.0. The van der Waals surface area contributed by atoms with Gasteiger partial charge in [-0.3, -0.25) is 24.0 Å². The Kier molecular flexibility index (Phi) is 10.3. The van der Waals surface area contributed by atoms with E-state index < -0.39 is 79.8 Å². The monoisotopic (exact) mass is 747 g/mol. The highest BCUT2D eigenvalue weighted by Gasteiger charge is 2.63. The Hall–Kier alpha value is -3.95. The van der Waals surface area contributed by atoms with Crippen molar-refractivity contribution in [1.82, 2.24) is 25.2 Å².